The van der Waals surface area contributed by atoms with Gasteiger partial charge in [0.15, 0.2) is 0 Å². The molecule has 1 aromatic heterocycles. The number of benzene rings is 2. The molecule has 5 nitrogen and oxygen atoms in total. The lowest BCUT2D eigenvalue weighted by Gasteiger charge is -2.06. The maximum Gasteiger partial charge on any atom is 0.315 e. The third-order valence-corrected chi connectivity index (χ3v) is 4.17. The Morgan fingerprint density at radius 2 is 1.77 bits per heavy atom. The van der Waals surface area contributed by atoms with Crippen molar-refractivity contribution >= 4 is 40.8 Å². The number of carbonyl (C=O) groups is 1. The Balaban J connectivity index is 1.98. The van der Waals surface area contributed by atoms with E-state index in [0.29, 0.717) is 26.4 Å². The molecule has 0 fully saturated rings. The Hall–Kier alpha value is -2.21. The maximum absolute atomic E-state index is 11.7. The average Bonchev–Trinajstić information content (AvgIpc) is 3.00. The van der Waals surface area contributed by atoms with Gasteiger partial charge in [0.1, 0.15) is 11.4 Å². The van der Waals surface area contributed by atoms with Crippen molar-refractivity contribution < 1.29 is 18.7 Å². The smallest absolute Gasteiger partial charge is 0.315 e. The number of ether oxygens (including phenoxy) is 2. The van der Waals surface area contributed by atoms with Crippen LogP contribution in [0.4, 0.5) is 0 Å². The highest BCUT2D eigenvalue weighted by molar-refractivity contribution is 6.35. The molecule has 26 heavy (non-hydrogen) atoms. The summed E-state index contributed by atoms with van der Waals surface area (Å²) in [5.41, 5.74) is 0.963. The number of methoxy groups -OCH3 is 1. The second-order valence-electron chi connectivity index (χ2n) is 5.19. The molecule has 0 amide bonds. The van der Waals surface area contributed by atoms with E-state index in [4.69, 9.17) is 48.7 Å². The Labute approximate surface area is 164 Å². The van der Waals surface area contributed by atoms with Crippen LogP contribution in [0.3, 0.4) is 0 Å². The average molecular weight is 413 g/mol. The third-order valence-electron chi connectivity index (χ3n) is 3.39. The third kappa shape index (κ3) is 4.30. The molecule has 0 N–H and O–H groups in total. The number of hydrogen-bond acceptors (Lipinski definition) is 5. The first-order valence-corrected chi connectivity index (χ1v) is 8.55. The van der Waals surface area contributed by atoms with Crippen LogP contribution in [-0.2, 0) is 16.0 Å². The highest BCUT2D eigenvalue weighted by Crippen LogP contribution is 2.36. The first-order valence-electron chi connectivity index (χ1n) is 7.41. The molecule has 0 aliphatic heterocycles. The molecule has 0 radical (unpaired) electrons. The minimum atomic E-state index is -0.479. The second kappa shape index (κ2) is 7.99. The summed E-state index contributed by atoms with van der Waals surface area (Å²) in [6.45, 7) is 0. The fourth-order valence-corrected chi connectivity index (χ4v) is 2.68. The van der Waals surface area contributed by atoms with Crippen LogP contribution < -0.4 is 4.74 Å². The molecule has 0 atom stereocenters. The van der Waals surface area contributed by atoms with Crippen molar-refractivity contribution in [2.75, 3.05) is 7.11 Å². The van der Waals surface area contributed by atoms with Crippen LogP contribution in [0.15, 0.2) is 46.9 Å². The molecule has 8 heteroatoms. The van der Waals surface area contributed by atoms with Crippen LogP contribution in [0.25, 0.3) is 11.5 Å². The number of rotatable bonds is 5. The van der Waals surface area contributed by atoms with E-state index in [-0.39, 0.29) is 24.0 Å². The molecule has 0 bridgehead atoms. The molecule has 134 valence electrons. The second-order valence-corrected chi connectivity index (χ2v) is 6.47. The summed E-state index contributed by atoms with van der Waals surface area (Å²) in [7, 11) is 1.29. The zero-order chi connectivity index (χ0) is 18.7. The molecule has 0 unspecified atom stereocenters. The number of esters is 1. The van der Waals surface area contributed by atoms with Crippen LogP contribution in [0.2, 0.25) is 15.1 Å². The fourth-order valence-electron chi connectivity index (χ4n) is 2.11. The standard InChI is InChI=1S/C18H12Cl3NO4/c1-24-16(23)9-14-18(25-15-7-6-12(20)8-13(15)21)26-17(22-14)10-2-4-11(19)5-3-10/h2-8H,9H2,1H3. The Bertz CT molecular complexity index is 938. The molecule has 1 heterocycles. The van der Waals surface area contributed by atoms with Gasteiger partial charge in [0.2, 0.25) is 5.89 Å². The van der Waals surface area contributed by atoms with Crippen molar-refractivity contribution in [1.82, 2.24) is 4.98 Å². The molecule has 0 saturated carbocycles. The number of carbonyl (C=O) groups excluding carboxylic acids is 1. The minimum absolute atomic E-state index is 0.0459. The van der Waals surface area contributed by atoms with E-state index in [1.807, 2.05) is 0 Å². The van der Waals surface area contributed by atoms with E-state index in [9.17, 15) is 4.79 Å². The van der Waals surface area contributed by atoms with E-state index in [2.05, 4.69) is 4.98 Å². The lowest BCUT2D eigenvalue weighted by atomic mass is 10.2. The van der Waals surface area contributed by atoms with Crippen molar-refractivity contribution in [2.24, 2.45) is 0 Å². The predicted octanol–water partition coefficient (Wildman–Crippen LogP) is 5.81. The van der Waals surface area contributed by atoms with Crippen molar-refractivity contribution in [1.29, 1.82) is 0 Å². The quantitative estimate of drug-likeness (QED) is 0.495. The zero-order valence-corrected chi connectivity index (χ0v) is 15.7. The summed E-state index contributed by atoms with van der Waals surface area (Å²) in [5.74, 6) is 0.166. The lowest BCUT2D eigenvalue weighted by molar-refractivity contribution is -0.139. The molecule has 0 aliphatic carbocycles. The number of halogens is 3. The van der Waals surface area contributed by atoms with Crippen molar-refractivity contribution in [3.05, 3.63) is 63.2 Å². The van der Waals surface area contributed by atoms with E-state index < -0.39 is 5.97 Å². The summed E-state index contributed by atoms with van der Waals surface area (Å²) in [4.78, 5) is 16.0. The Kier molecular flexibility index (Phi) is 5.71. The van der Waals surface area contributed by atoms with Gasteiger partial charge in [-0.3, -0.25) is 4.79 Å². The summed E-state index contributed by atoms with van der Waals surface area (Å²) < 4.78 is 16.1. The summed E-state index contributed by atoms with van der Waals surface area (Å²) in [5, 5.41) is 1.35. The van der Waals surface area contributed by atoms with Gasteiger partial charge in [-0.2, -0.15) is 0 Å². The van der Waals surface area contributed by atoms with Gasteiger partial charge in [-0.15, -0.1) is 0 Å². The fraction of sp³-hybridized carbons (Fsp3) is 0.111. The van der Waals surface area contributed by atoms with Crippen LogP contribution >= 0.6 is 34.8 Å². The number of hydrogen-bond donors (Lipinski definition) is 0. The first kappa shape index (κ1) is 18.6. The molecular formula is C18H12Cl3NO4. The van der Waals surface area contributed by atoms with Gasteiger partial charge < -0.3 is 13.9 Å². The summed E-state index contributed by atoms with van der Waals surface area (Å²) in [6, 6.07) is 11.7. The van der Waals surface area contributed by atoms with Crippen LogP contribution in [0, 0.1) is 0 Å². The largest absolute Gasteiger partial charge is 0.469 e. The highest BCUT2D eigenvalue weighted by atomic mass is 35.5. The molecular weight excluding hydrogens is 401 g/mol. The Morgan fingerprint density at radius 1 is 1.08 bits per heavy atom. The monoisotopic (exact) mass is 411 g/mol. The maximum atomic E-state index is 11.7. The summed E-state index contributed by atoms with van der Waals surface area (Å²) in [6.07, 6.45) is -0.117. The number of nitrogens with zero attached hydrogens (tertiary/aromatic N) is 1. The van der Waals surface area contributed by atoms with Gasteiger partial charge in [0.25, 0.3) is 0 Å². The SMILES string of the molecule is COC(=O)Cc1nc(-c2ccc(Cl)cc2)oc1Oc1ccc(Cl)cc1Cl. The van der Waals surface area contributed by atoms with Crippen molar-refractivity contribution in [2.45, 2.75) is 6.42 Å². The molecule has 0 aliphatic rings. The molecule has 3 rings (SSSR count). The lowest BCUT2D eigenvalue weighted by Crippen LogP contribution is -2.05. The number of aromatic nitrogens is 1. The van der Waals surface area contributed by atoms with Gasteiger partial charge in [-0.1, -0.05) is 34.8 Å². The first-order chi connectivity index (χ1) is 12.5. The predicted molar refractivity (Wildman–Crippen MR) is 99.2 cm³/mol. The minimum Gasteiger partial charge on any atom is -0.469 e. The molecule has 2 aromatic carbocycles. The molecule has 0 saturated heterocycles. The zero-order valence-electron chi connectivity index (χ0n) is 13.5. The van der Waals surface area contributed by atoms with E-state index in [0.717, 1.165) is 0 Å². The Morgan fingerprint density at radius 3 is 2.42 bits per heavy atom. The van der Waals surface area contributed by atoms with Crippen LogP contribution in [0.1, 0.15) is 5.69 Å². The van der Waals surface area contributed by atoms with Gasteiger partial charge >= 0.3 is 11.9 Å². The van der Waals surface area contributed by atoms with Gasteiger partial charge in [0.05, 0.1) is 18.6 Å². The highest BCUT2D eigenvalue weighted by Gasteiger charge is 2.21. The van der Waals surface area contributed by atoms with Crippen LogP contribution in [-0.4, -0.2) is 18.1 Å². The summed E-state index contributed by atoms with van der Waals surface area (Å²) >= 11 is 17.9. The molecule has 0 spiro atoms. The van der Waals surface area contributed by atoms with Crippen molar-refractivity contribution in [3.63, 3.8) is 0 Å². The topological polar surface area (TPSA) is 61.6 Å². The van der Waals surface area contributed by atoms with Gasteiger partial charge in [-0.25, -0.2) is 4.98 Å². The van der Waals surface area contributed by atoms with Gasteiger partial charge in [-0.05, 0) is 42.5 Å². The van der Waals surface area contributed by atoms with Crippen molar-refractivity contribution in [3.8, 4) is 23.1 Å². The van der Waals surface area contributed by atoms with Crippen LogP contribution in [0.5, 0.6) is 11.7 Å². The normalized spacial score (nSPS) is 10.6. The van der Waals surface area contributed by atoms with Gasteiger partial charge in [0, 0.05) is 15.6 Å². The van der Waals surface area contributed by atoms with E-state index >= 15 is 0 Å². The number of oxazole rings is 1. The molecule has 3 aromatic rings. The van der Waals surface area contributed by atoms with E-state index in [1.165, 1.54) is 13.2 Å². The van der Waals surface area contributed by atoms with E-state index in [1.54, 1.807) is 36.4 Å².